The van der Waals surface area contributed by atoms with E-state index >= 15 is 0 Å². The predicted molar refractivity (Wildman–Crippen MR) is 101 cm³/mol. The lowest BCUT2D eigenvalue weighted by atomic mass is 10.1. The van der Waals surface area contributed by atoms with Crippen LogP contribution in [-0.2, 0) is 0 Å². The summed E-state index contributed by atoms with van der Waals surface area (Å²) < 4.78 is 0. The van der Waals surface area contributed by atoms with Crippen molar-refractivity contribution < 1.29 is 0 Å². The average Bonchev–Trinajstić information content (AvgIpc) is 3.15. The van der Waals surface area contributed by atoms with Gasteiger partial charge in [0, 0.05) is 34.6 Å². The van der Waals surface area contributed by atoms with Crippen molar-refractivity contribution in [3.8, 4) is 21.8 Å². The summed E-state index contributed by atoms with van der Waals surface area (Å²) in [5.41, 5.74) is 4.87. The van der Waals surface area contributed by atoms with Gasteiger partial charge in [0.25, 0.3) is 0 Å². The van der Waals surface area contributed by atoms with Crippen LogP contribution in [0.3, 0.4) is 0 Å². The van der Waals surface area contributed by atoms with E-state index in [1.807, 2.05) is 55.6 Å². The second-order valence-corrected chi connectivity index (χ2v) is 6.40. The van der Waals surface area contributed by atoms with Crippen molar-refractivity contribution in [2.24, 2.45) is 0 Å². The molecule has 0 aliphatic heterocycles. The van der Waals surface area contributed by atoms with Gasteiger partial charge in [-0.1, -0.05) is 12.1 Å². The van der Waals surface area contributed by atoms with Gasteiger partial charge in [-0.3, -0.25) is 4.98 Å². The largest absolute Gasteiger partial charge is 0.339 e. The maximum Gasteiger partial charge on any atom is 0.153 e. The lowest BCUT2D eigenvalue weighted by molar-refractivity contribution is 0.986. The molecule has 0 atom stereocenters. The van der Waals surface area contributed by atoms with Gasteiger partial charge >= 0.3 is 0 Å². The molecule has 6 heteroatoms. The summed E-state index contributed by atoms with van der Waals surface area (Å²) in [6, 6.07) is 15.9. The number of aromatic nitrogens is 4. The van der Waals surface area contributed by atoms with Crippen molar-refractivity contribution in [2.45, 2.75) is 6.92 Å². The minimum absolute atomic E-state index is 0.720. The van der Waals surface area contributed by atoms with E-state index in [4.69, 9.17) is 4.98 Å². The normalized spacial score (nSPS) is 10.6. The molecule has 25 heavy (non-hydrogen) atoms. The fraction of sp³-hybridized carbons (Fsp3) is 0.0526. The van der Waals surface area contributed by atoms with Crippen LogP contribution in [0.25, 0.3) is 21.8 Å². The van der Waals surface area contributed by atoms with E-state index in [2.05, 4.69) is 31.9 Å². The quantitative estimate of drug-likeness (QED) is 0.580. The molecule has 0 aliphatic rings. The molecule has 4 rings (SSSR count). The molecular formula is C19H15N5S. The van der Waals surface area contributed by atoms with E-state index in [1.54, 1.807) is 17.5 Å². The van der Waals surface area contributed by atoms with Gasteiger partial charge in [0.1, 0.15) is 5.01 Å². The van der Waals surface area contributed by atoms with Gasteiger partial charge in [0.2, 0.25) is 0 Å². The van der Waals surface area contributed by atoms with E-state index in [-0.39, 0.29) is 0 Å². The molecule has 5 nitrogen and oxygen atoms in total. The highest BCUT2D eigenvalue weighted by Gasteiger charge is 2.07. The van der Waals surface area contributed by atoms with E-state index in [1.165, 1.54) is 0 Å². The van der Waals surface area contributed by atoms with Gasteiger partial charge in [0.05, 0.1) is 11.4 Å². The molecule has 0 spiro atoms. The molecule has 0 saturated carbocycles. The third kappa shape index (κ3) is 3.54. The molecule has 122 valence electrons. The number of nitrogens with zero attached hydrogens (tertiary/aromatic N) is 4. The van der Waals surface area contributed by atoms with Crippen LogP contribution in [-0.4, -0.2) is 20.2 Å². The van der Waals surface area contributed by atoms with Crippen LogP contribution >= 0.6 is 11.3 Å². The Kier molecular flexibility index (Phi) is 4.18. The minimum atomic E-state index is 0.720. The summed E-state index contributed by atoms with van der Waals surface area (Å²) in [6.07, 6.45) is 3.60. The number of rotatable bonds is 4. The minimum Gasteiger partial charge on any atom is -0.339 e. The fourth-order valence-electron chi connectivity index (χ4n) is 2.40. The summed E-state index contributed by atoms with van der Waals surface area (Å²) in [5, 5.41) is 14.5. The molecule has 1 aromatic carbocycles. The zero-order chi connectivity index (χ0) is 17.1. The van der Waals surface area contributed by atoms with Crippen LogP contribution in [0.15, 0.2) is 66.3 Å². The first-order valence-electron chi connectivity index (χ1n) is 7.82. The van der Waals surface area contributed by atoms with Crippen molar-refractivity contribution in [1.29, 1.82) is 0 Å². The number of hydrogen-bond donors (Lipinski definition) is 1. The summed E-state index contributed by atoms with van der Waals surface area (Å²) in [6.45, 7) is 1.92. The van der Waals surface area contributed by atoms with Gasteiger partial charge < -0.3 is 5.32 Å². The molecule has 1 N–H and O–H groups in total. The van der Waals surface area contributed by atoms with E-state index < -0.39 is 0 Å². The van der Waals surface area contributed by atoms with Crippen molar-refractivity contribution in [1.82, 2.24) is 20.2 Å². The number of anilines is 2. The molecule has 0 unspecified atom stereocenters. The molecule has 4 aromatic rings. The van der Waals surface area contributed by atoms with Crippen molar-refractivity contribution >= 4 is 22.8 Å². The second kappa shape index (κ2) is 6.78. The van der Waals surface area contributed by atoms with Crippen LogP contribution in [0.4, 0.5) is 11.5 Å². The Balaban J connectivity index is 1.59. The third-order valence-electron chi connectivity index (χ3n) is 3.64. The van der Waals surface area contributed by atoms with E-state index in [0.717, 1.165) is 39.0 Å². The summed E-state index contributed by atoms with van der Waals surface area (Å²) in [4.78, 5) is 8.89. The second-order valence-electron chi connectivity index (χ2n) is 5.55. The number of pyridine rings is 1. The number of thiazole rings is 1. The summed E-state index contributed by atoms with van der Waals surface area (Å²) >= 11 is 1.62. The highest BCUT2D eigenvalue weighted by molar-refractivity contribution is 7.13. The molecule has 0 amide bonds. The van der Waals surface area contributed by atoms with Crippen molar-refractivity contribution in [3.63, 3.8) is 0 Å². The van der Waals surface area contributed by atoms with Gasteiger partial charge in [-0.15, -0.1) is 16.4 Å². The van der Waals surface area contributed by atoms with Crippen molar-refractivity contribution in [2.75, 3.05) is 5.32 Å². The maximum absolute atomic E-state index is 4.73. The van der Waals surface area contributed by atoms with Gasteiger partial charge in [-0.2, -0.15) is 5.10 Å². The first-order chi connectivity index (χ1) is 12.3. The van der Waals surface area contributed by atoms with Gasteiger partial charge in [-0.05, 0) is 43.3 Å². The van der Waals surface area contributed by atoms with Crippen LogP contribution in [0, 0.1) is 6.92 Å². The SMILES string of the molecule is Cc1ccc(Nc2cccc(-c3csc(-c4cccnc4)n3)c2)nn1. The topological polar surface area (TPSA) is 63.6 Å². The zero-order valence-corrected chi connectivity index (χ0v) is 14.4. The number of aryl methyl sites for hydroxylation is 1. The monoisotopic (exact) mass is 345 g/mol. The van der Waals surface area contributed by atoms with Crippen LogP contribution in [0.2, 0.25) is 0 Å². The predicted octanol–water partition coefficient (Wildman–Crippen LogP) is 4.71. The van der Waals surface area contributed by atoms with Crippen LogP contribution in [0.5, 0.6) is 0 Å². The van der Waals surface area contributed by atoms with Gasteiger partial charge in [0.15, 0.2) is 5.82 Å². The lowest BCUT2D eigenvalue weighted by Gasteiger charge is -2.06. The van der Waals surface area contributed by atoms with Gasteiger partial charge in [-0.25, -0.2) is 4.98 Å². The molecule has 0 saturated heterocycles. The average molecular weight is 345 g/mol. The molecule has 0 aliphatic carbocycles. The Bertz CT molecular complexity index is 980. The highest BCUT2D eigenvalue weighted by Crippen LogP contribution is 2.30. The maximum atomic E-state index is 4.73. The van der Waals surface area contributed by atoms with Crippen LogP contribution in [0.1, 0.15) is 5.69 Å². The number of hydrogen-bond acceptors (Lipinski definition) is 6. The van der Waals surface area contributed by atoms with Crippen molar-refractivity contribution in [3.05, 3.63) is 72.0 Å². The Morgan fingerprint density at radius 2 is 1.88 bits per heavy atom. The molecule has 3 heterocycles. The third-order valence-corrected chi connectivity index (χ3v) is 4.53. The number of nitrogens with one attached hydrogen (secondary N) is 1. The Morgan fingerprint density at radius 3 is 2.68 bits per heavy atom. The first-order valence-corrected chi connectivity index (χ1v) is 8.70. The summed E-state index contributed by atoms with van der Waals surface area (Å²) in [7, 11) is 0. The highest BCUT2D eigenvalue weighted by atomic mass is 32.1. The summed E-state index contributed by atoms with van der Waals surface area (Å²) in [5.74, 6) is 0.720. The first kappa shape index (κ1) is 15.4. The molecular weight excluding hydrogens is 330 g/mol. The number of benzene rings is 1. The molecule has 3 aromatic heterocycles. The standard InChI is InChI=1S/C19H15N5S/c1-13-7-8-18(24-23-13)21-16-6-2-4-14(10-16)17-12-25-19(22-17)15-5-3-9-20-11-15/h2-12H,1H3,(H,21,24). The van der Waals surface area contributed by atoms with E-state index in [0.29, 0.717) is 0 Å². The van der Waals surface area contributed by atoms with E-state index in [9.17, 15) is 0 Å². The fourth-order valence-corrected chi connectivity index (χ4v) is 3.22. The lowest BCUT2D eigenvalue weighted by Crippen LogP contribution is -1.96. The molecule has 0 radical (unpaired) electrons. The smallest absolute Gasteiger partial charge is 0.153 e. The molecule has 0 fully saturated rings. The molecule has 0 bridgehead atoms. The Hall–Kier alpha value is -3.12. The zero-order valence-electron chi connectivity index (χ0n) is 13.5. The Labute approximate surface area is 149 Å². The van der Waals surface area contributed by atoms with Crippen LogP contribution < -0.4 is 5.32 Å². The Morgan fingerprint density at radius 1 is 0.960 bits per heavy atom.